The molecule has 2 amide bonds. The monoisotopic (exact) mass is 365 g/mol. The average molecular weight is 366 g/mol. The number of hydrogen-bond acceptors (Lipinski definition) is 3. The van der Waals surface area contributed by atoms with Crippen molar-refractivity contribution in [3.05, 3.63) is 58.1 Å². The van der Waals surface area contributed by atoms with Crippen LogP contribution in [0.15, 0.2) is 42.5 Å². The van der Waals surface area contributed by atoms with Crippen molar-refractivity contribution in [2.24, 2.45) is 0 Å². The van der Waals surface area contributed by atoms with Crippen LogP contribution in [0.3, 0.4) is 0 Å². The molecule has 0 fully saturated rings. The first-order valence-corrected chi connectivity index (χ1v) is 7.93. The molecular formula is C17H17Cl2N3O2. The van der Waals surface area contributed by atoms with Crippen molar-refractivity contribution in [2.45, 2.75) is 0 Å². The highest BCUT2D eigenvalue weighted by molar-refractivity contribution is 6.44. The molecule has 2 aromatic rings. The van der Waals surface area contributed by atoms with Crippen LogP contribution in [0.1, 0.15) is 10.4 Å². The van der Waals surface area contributed by atoms with Crippen molar-refractivity contribution in [1.82, 2.24) is 4.90 Å². The highest BCUT2D eigenvalue weighted by Crippen LogP contribution is 2.29. The van der Waals surface area contributed by atoms with Crippen molar-refractivity contribution in [2.75, 3.05) is 31.3 Å². The third kappa shape index (κ3) is 4.63. The molecule has 7 heteroatoms. The topological polar surface area (TPSA) is 61.4 Å². The van der Waals surface area contributed by atoms with Gasteiger partial charge < -0.3 is 15.5 Å². The molecule has 0 radical (unpaired) electrons. The standard InChI is InChI=1S/C17H17Cl2N3O2/c1-22(2)17(24)11-5-3-6-12(9-11)20-10-15(23)21-14-8-4-7-13(18)16(14)19/h3-9,20H,10H2,1-2H3,(H,21,23). The lowest BCUT2D eigenvalue weighted by Crippen LogP contribution is -2.23. The molecule has 2 aromatic carbocycles. The lowest BCUT2D eigenvalue weighted by Gasteiger charge is -2.12. The molecule has 2 rings (SSSR count). The van der Waals surface area contributed by atoms with Crippen LogP contribution in [0.2, 0.25) is 10.0 Å². The Morgan fingerprint density at radius 1 is 1.08 bits per heavy atom. The van der Waals surface area contributed by atoms with Crippen molar-refractivity contribution in [3.8, 4) is 0 Å². The minimum atomic E-state index is -0.275. The molecule has 0 aromatic heterocycles. The molecule has 0 saturated heterocycles. The van der Waals surface area contributed by atoms with Crippen LogP contribution in [0.5, 0.6) is 0 Å². The van der Waals surface area contributed by atoms with Gasteiger partial charge in [0.25, 0.3) is 5.91 Å². The SMILES string of the molecule is CN(C)C(=O)c1cccc(NCC(=O)Nc2cccc(Cl)c2Cl)c1. The lowest BCUT2D eigenvalue weighted by molar-refractivity contribution is -0.114. The van der Waals surface area contributed by atoms with Gasteiger partial charge in [0.1, 0.15) is 0 Å². The van der Waals surface area contributed by atoms with Crippen LogP contribution in [0.25, 0.3) is 0 Å². The normalized spacial score (nSPS) is 10.2. The first-order valence-electron chi connectivity index (χ1n) is 7.18. The summed E-state index contributed by atoms with van der Waals surface area (Å²) in [5, 5.41) is 6.33. The van der Waals surface area contributed by atoms with Gasteiger partial charge in [-0.2, -0.15) is 0 Å². The van der Waals surface area contributed by atoms with Gasteiger partial charge in [-0.1, -0.05) is 35.3 Å². The highest BCUT2D eigenvalue weighted by atomic mass is 35.5. The number of amides is 2. The third-order valence-corrected chi connectivity index (χ3v) is 4.01. The molecular weight excluding hydrogens is 349 g/mol. The van der Waals surface area contributed by atoms with Crippen LogP contribution >= 0.6 is 23.2 Å². The minimum absolute atomic E-state index is 0.0302. The van der Waals surface area contributed by atoms with E-state index in [1.54, 1.807) is 56.6 Å². The highest BCUT2D eigenvalue weighted by Gasteiger charge is 2.10. The molecule has 5 nitrogen and oxygen atoms in total. The maximum atomic E-state index is 12.0. The molecule has 0 aliphatic rings. The van der Waals surface area contributed by atoms with Crippen LogP contribution in [-0.2, 0) is 4.79 Å². The second-order valence-electron chi connectivity index (χ2n) is 5.28. The Morgan fingerprint density at radius 3 is 2.50 bits per heavy atom. The Bertz CT molecular complexity index is 763. The zero-order valence-electron chi connectivity index (χ0n) is 13.3. The van der Waals surface area contributed by atoms with Crippen molar-refractivity contribution >= 4 is 46.4 Å². The first kappa shape index (κ1) is 18.1. The van der Waals surface area contributed by atoms with E-state index in [0.717, 1.165) is 0 Å². The van der Waals surface area contributed by atoms with E-state index in [1.807, 2.05) is 0 Å². The number of anilines is 2. The Kier molecular flexibility index (Phi) is 6.06. The molecule has 126 valence electrons. The van der Waals surface area contributed by atoms with E-state index in [-0.39, 0.29) is 18.4 Å². The number of carbonyl (C=O) groups is 2. The van der Waals surface area contributed by atoms with E-state index in [4.69, 9.17) is 23.2 Å². The molecule has 0 unspecified atom stereocenters. The van der Waals surface area contributed by atoms with Gasteiger partial charge in [0.05, 0.1) is 22.3 Å². The zero-order valence-corrected chi connectivity index (χ0v) is 14.8. The fourth-order valence-corrected chi connectivity index (χ4v) is 2.35. The zero-order chi connectivity index (χ0) is 17.7. The predicted octanol–water partition coefficient (Wildman–Crippen LogP) is 3.75. The number of benzene rings is 2. The molecule has 0 atom stereocenters. The van der Waals surface area contributed by atoms with Crippen LogP contribution in [0.4, 0.5) is 11.4 Å². The van der Waals surface area contributed by atoms with E-state index in [2.05, 4.69) is 10.6 Å². The summed E-state index contributed by atoms with van der Waals surface area (Å²) < 4.78 is 0. The van der Waals surface area contributed by atoms with E-state index in [1.165, 1.54) is 4.90 Å². The van der Waals surface area contributed by atoms with Gasteiger partial charge in [-0.15, -0.1) is 0 Å². The summed E-state index contributed by atoms with van der Waals surface area (Å²) in [7, 11) is 3.37. The van der Waals surface area contributed by atoms with Crippen LogP contribution < -0.4 is 10.6 Å². The fourth-order valence-electron chi connectivity index (χ4n) is 2.00. The summed E-state index contributed by atoms with van der Waals surface area (Å²) in [6.07, 6.45) is 0. The summed E-state index contributed by atoms with van der Waals surface area (Å²) in [6, 6.07) is 12.0. The Morgan fingerprint density at radius 2 is 1.79 bits per heavy atom. The van der Waals surface area contributed by atoms with Gasteiger partial charge in [-0.3, -0.25) is 9.59 Å². The minimum Gasteiger partial charge on any atom is -0.376 e. The molecule has 0 heterocycles. The average Bonchev–Trinajstić information content (AvgIpc) is 2.56. The largest absolute Gasteiger partial charge is 0.376 e. The maximum absolute atomic E-state index is 12.0. The molecule has 0 saturated carbocycles. The lowest BCUT2D eigenvalue weighted by atomic mass is 10.2. The molecule has 0 aliphatic carbocycles. The van der Waals surface area contributed by atoms with Gasteiger partial charge in [0.15, 0.2) is 0 Å². The molecule has 2 N–H and O–H groups in total. The fraction of sp³-hybridized carbons (Fsp3) is 0.176. The number of hydrogen-bond donors (Lipinski definition) is 2. The Hall–Kier alpha value is -2.24. The Balaban J connectivity index is 1.98. The van der Waals surface area contributed by atoms with Crippen molar-refractivity contribution in [3.63, 3.8) is 0 Å². The second kappa shape index (κ2) is 8.04. The van der Waals surface area contributed by atoms with Gasteiger partial charge >= 0.3 is 0 Å². The molecule has 0 spiro atoms. The number of nitrogens with one attached hydrogen (secondary N) is 2. The molecule has 0 bridgehead atoms. The predicted molar refractivity (Wildman–Crippen MR) is 98.0 cm³/mol. The third-order valence-electron chi connectivity index (χ3n) is 3.19. The van der Waals surface area contributed by atoms with E-state index in [0.29, 0.717) is 27.0 Å². The number of carbonyl (C=O) groups excluding carboxylic acids is 2. The van der Waals surface area contributed by atoms with Gasteiger partial charge in [-0.25, -0.2) is 0 Å². The van der Waals surface area contributed by atoms with Crippen molar-refractivity contribution < 1.29 is 9.59 Å². The number of halogens is 2. The quantitative estimate of drug-likeness (QED) is 0.847. The maximum Gasteiger partial charge on any atom is 0.253 e. The van der Waals surface area contributed by atoms with Crippen molar-refractivity contribution in [1.29, 1.82) is 0 Å². The van der Waals surface area contributed by atoms with Crippen LogP contribution in [0, 0.1) is 0 Å². The number of nitrogens with zero attached hydrogens (tertiary/aromatic N) is 1. The summed E-state index contributed by atoms with van der Waals surface area (Å²) in [5.41, 5.74) is 1.67. The smallest absolute Gasteiger partial charge is 0.253 e. The van der Waals surface area contributed by atoms with E-state index in [9.17, 15) is 9.59 Å². The second-order valence-corrected chi connectivity index (χ2v) is 6.07. The summed E-state index contributed by atoms with van der Waals surface area (Å²) in [4.78, 5) is 25.5. The number of rotatable bonds is 5. The summed E-state index contributed by atoms with van der Waals surface area (Å²) in [6.45, 7) is 0.0302. The van der Waals surface area contributed by atoms with Crippen LogP contribution in [-0.4, -0.2) is 37.4 Å². The first-order chi connectivity index (χ1) is 11.4. The molecule has 0 aliphatic heterocycles. The van der Waals surface area contributed by atoms with Gasteiger partial charge in [0, 0.05) is 25.3 Å². The Labute approximate surface area is 150 Å². The van der Waals surface area contributed by atoms with Gasteiger partial charge in [-0.05, 0) is 30.3 Å². The summed E-state index contributed by atoms with van der Waals surface area (Å²) >= 11 is 11.9. The molecule has 24 heavy (non-hydrogen) atoms. The van der Waals surface area contributed by atoms with E-state index >= 15 is 0 Å². The summed E-state index contributed by atoms with van der Waals surface area (Å²) in [5.74, 6) is -0.377. The van der Waals surface area contributed by atoms with Gasteiger partial charge in [0.2, 0.25) is 5.91 Å². The van der Waals surface area contributed by atoms with E-state index < -0.39 is 0 Å².